The lowest BCUT2D eigenvalue weighted by Gasteiger charge is -2.10. The number of hydrogen-bond acceptors (Lipinski definition) is 2. The molecule has 0 aliphatic heterocycles. The first-order valence-electron chi connectivity index (χ1n) is 12.1. The monoisotopic (exact) mass is 466 g/mol. The second-order valence-electron chi connectivity index (χ2n) is 8.77. The molecule has 0 aliphatic carbocycles. The van der Waals surface area contributed by atoms with E-state index in [-0.39, 0.29) is 6.61 Å². The van der Waals surface area contributed by atoms with E-state index in [2.05, 4.69) is 47.9 Å². The summed E-state index contributed by atoms with van der Waals surface area (Å²) in [7, 11) is 0. The van der Waals surface area contributed by atoms with Gasteiger partial charge < -0.3 is 10.2 Å². The molecule has 2 nitrogen and oxygen atoms in total. The third kappa shape index (κ3) is 5.17. The van der Waals surface area contributed by atoms with Gasteiger partial charge >= 0.3 is 0 Å². The molecule has 5 aromatic carbocycles. The van der Waals surface area contributed by atoms with Crippen molar-refractivity contribution < 1.29 is 10.2 Å². The molecule has 0 aromatic heterocycles. The predicted molar refractivity (Wildman–Crippen MR) is 148 cm³/mol. The summed E-state index contributed by atoms with van der Waals surface area (Å²) in [5, 5.41) is 23.3. The summed E-state index contributed by atoms with van der Waals surface area (Å²) >= 11 is 0. The van der Waals surface area contributed by atoms with Gasteiger partial charge in [0, 0.05) is 28.9 Å². The zero-order valence-electron chi connectivity index (χ0n) is 19.9. The van der Waals surface area contributed by atoms with Crippen LogP contribution in [0.1, 0.15) is 34.2 Å². The minimum atomic E-state index is -0.534. The number of aliphatic hydroxyl groups excluding tert-OH is 2. The van der Waals surface area contributed by atoms with Crippen LogP contribution in [-0.4, -0.2) is 22.9 Å². The molecule has 5 rings (SSSR count). The van der Waals surface area contributed by atoms with Gasteiger partial charge in [-0.05, 0) is 64.2 Å². The molecule has 174 valence electrons. The van der Waals surface area contributed by atoms with Crippen molar-refractivity contribution in [3.8, 4) is 23.7 Å². The first-order valence-corrected chi connectivity index (χ1v) is 12.1. The molecule has 36 heavy (non-hydrogen) atoms. The van der Waals surface area contributed by atoms with Crippen molar-refractivity contribution in [1.82, 2.24) is 0 Å². The highest BCUT2D eigenvalue weighted by Crippen LogP contribution is 2.32. The first kappa shape index (κ1) is 23.4. The number of rotatable bonds is 4. The third-order valence-electron chi connectivity index (χ3n) is 6.26. The van der Waals surface area contributed by atoms with E-state index < -0.39 is 6.10 Å². The Balaban J connectivity index is 1.58. The Bertz CT molecular complexity index is 1570. The van der Waals surface area contributed by atoms with Gasteiger partial charge in [0.2, 0.25) is 0 Å². The van der Waals surface area contributed by atoms with Gasteiger partial charge in [-0.25, -0.2) is 0 Å². The normalized spacial score (nSPS) is 11.4. The van der Waals surface area contributed by atoms with Gasteiger partial charge in [-0.2, -0.15) is 0 Å². The summed E-state index contributed by atoms with van der Waals surface area (Å²) in [6, 6.07) is 34.7. The van der Waals surface area contributed by atoms with Crippen LogP contribution in [0.5, 0.6) is 0 Å². The first-order chi connectivity index (χ1) is 17.7. The quantitative estimate of drug-likeness (QED) is 0.249. The van der Waals surface area contributed by atoms with E-state index in [0.29, 0.717) is 12.8 Å². The van der Waals surface area contributed by atoms with E-state index >= 15 is 0 Å². The van der Waals surface area contributed by atoms with Gasteiger partial charge in [-0.1, -0.05) is 103 Å². The highest BCUT2D eigenvalue weighted by molar-refractivity contribution is 6.09. The van der Waals surface area contributed by atoms with Gasteiger partial charge in [-0.15, -0.1) is 0 Å². The molecular formula is C34H26O2. The molecule has 0 aliphatic rings. The van der Waals surface area contributed by atoms with Crippen molar-refractivity contribution in [1.29, 1.82) is 0 Å². The lowest BCUT2D eigenvalue weighted by molar-refractivity contribution is 0.133. The predicted octanol–water partition coefficient (Wildman–Crippen LogP) is 6.08. The van der Waals surface area contributed by atoms with Crippen LogP contribution in [0.25, 0.3) is 21.5 Å². The molecule has 1 atom stereocenters. The topological polar surface area (TPSA) is 40.5 Å². The van der Waals surface area contributed by atoms with Gasteiger partial charge in [0.15, 0.2) is 0 Å². The lowest BCUT2D eigenvalue weighted by Crippen LogP contribution is -2.12. The van der Waals surface area contributed by atoms with Crippen molar-refractivity contribution in [2.75, 3.05) is 6.61 Å². The van der Waals surface area contributed by atoms with Gasteiger partial charge in [0.1, 0.15) is 0 Å². The lowest BCUT2D eigenvalue weighted by atomic mass is 9.92. The van der Waals surface area contributed by atoms with Crippen molar-refractivity contribution in [2.24, 2.45) is 0 Å². The summed E-state index contributed by atoms with van der Waals surface area (Å²) in [5.74, 6) is 13.6. The van der Waals surface area contributed by atoms with E-state index in [0.717, 1.165) is 49.4 Å². The zero-order chi connectivity index (χ0) is 24.7. The molecule has 5 aromatic rings. The Labute approximate surface area is 211 Å². The van der Waals surface area contributed by atoms with Crippen molar-refractivity contribution in [3.05, 3.63) is 131 Å². The van der Waals surface area contributed by atoms with E-state index in [1.165, 1.54) is 0 Å². The molecule has 0 amide bonds. The second kappa shape index (κ2) is 10.9. The molecule has 0 saturated carbocycles. The van der Waals surface area contributed by atoms with Gasteiger partial charge in [0.05, 0.1) is 6.10 Å². The fraction of sp³-hybridized carbons (Fsp3) is 0.118. The Morgan fingerprint density at radius 1 is 0.528 bits per heavy atom. The molecule has 0 fully saturated rings. The minimum absolute atomic E-state index is 0.0106. The summed E-state index contributed by atoms with van der Waals surface area (Å²) in [6.45, 7) is -0.0106. The molecule has 2 N–H and O–H groups in total. The third-order valence-corrected chi connectivity index (χ3v) is 6.26. The van der Waals surface area contributed by atoms with Crippen LogP contribution < -0.4 is 0 Å². The summed E-state index contributed by atoms with van der Waals surface area (Å²) in [5.41, 5.74) is 4.94. The summed E-state index contributed by atoms with van der Waals surface area (Å²) in [4.78, 5) is 0. The molecule has 0 bridgehead atoms. The van der Waals surface area contributed by atoms with Gasteiger partial charge in [0.25, 0.3) is 0 Å². The average Bonchev–Trinajstić information content (AvgIpc) is 2.92. The van der Waals surface area contributed by atoms with Crippen LogP contribution in [0.15, 0.2) is 103 Å². The fourth-order valence-electron chi connectivity index (χ4n) is 4.44. The molecule has 0 saturated heterocycles. The van der Waals surface area contributed by atoms with Crippen LogP contribution in [0.4, 0.5) is 0 Å². The Kier molecular flexibility index (Phi) is 7.11. The molecule has 0 heterocycles. The number of benzene rings is 5. The van der Waals surface area contributed by atoms with Crippen molar-refractivity contribution in [3.63, 3.8) is 0 Å². The van der Waals surface area contributed by atoms with Crippen molar-refractivity contribution >= 4 is 21.5 Å². The molecule has 1 unspecified atom stereocenters. The summed E-state index contributed by atoms with van der Waals surface area (Å²) in [6.07, 6.45) is 0.371. The number of aliphatic hydroxyl groups is 2. The minimum Gasteiger partial charge on any atom is -0.396 e. The van der Waals surface area contributed by atoms with E-state index in [1.807, 2.05) is 78.9 Å². The standard InChI is InChI=1S/C34H26O2/c35-23-22-28(36)24-27-16-14-26(15-17-27)19-21-34-31-12-6-4-10-29(31)33(30-11-5-7-13-32(30)34)20-18-25-8-2-1-3-9-25/h1-17,28,35-36H,22-24H2. The fourth-order valence-corrected chi connectivity index (χ4v) is 4.44. The molecule has 0 radical (unpaired) electrons. The highest BCUT2D eigenvalue weighted by Gasteiger charge is 2.11. The maximum Gasteiger partial charge on any atom is 0.0602 e. The maximum atomic E-state index is 9.95. The SMILES string of the molecule is OCCC(O)Cc1ccc(C#Cc2c3ccccc3c(C#Cc3ccccc3)c3ccccc23)cc1. The van der Waals surface area contributed by atoms with E-state index in [4.69, 9.17) is 5.11 Å². The molecule has 0 spiro atoms. The molecular weight excluding hydrogens is 440 g/mol. The number of hydrogen-bond donors (Lipinski definition) is 2. The van der Waals surface area contributed by atoms with Crippen LogP contribution in [0.2, 0.25) is 0 Å². The Morgan fingerprint density at radius 2 is 0.972 bits per heavy atom. The number of fused-ring (bicyclic) bond motifs is 2. The second-order valence-corrected chi connectivity index (χ2v) is 8.77. The van der Waals surface area contributed by atoms with E-state index in [9.17, 15) is 5.11 Å². The highest BCUT2D eigenvalue weighted by atomic mass is 16.3. The van der Waals surface area contributed by atoms with Crippen molar-refractivity contribution in [2.45, 2.75) is 18.9 Å². The smallest absolute Gasteiger partial charge is 0.0602 e. The van der Waals surface area contributed by atoms with Crippen LogP contribution in [-0.2, 0) is 6.42 Å². The summed E-state index contributed by atoms with van der Waals surface area (Å²) < 4.78 is 0. The molecule has 2 heteroatoms. The Morgan fingerprint density at radius 3 is 1.44 bits per heavy atom. The van der Waals surface area contributed by atoms with Crippen LogP contribution in [0, 0.1) is 23.7 Å². The Hall–Kier alpha value is -4.34. The van der Waals surface area contributed by atoms with Crippen LogP contribution >= 0.6 is 0 Å². The average molecular weight is 467 g/mol. The largest absolute Gasteiger partial charge is 0.396 e. The zero-order valence-corrected chi connectivity index (χ0v) is 19.9. The van der Waals surface area contributed by atoms with Gasteiger partial charge in [-0.3, -0.25) is 0 Å². The van der Waals surface area contributed by atoms with E-state index in [1.54, 1.807) is 0 Å². The van der Waals surface area contributed by atoms with Crippen LogP contribution in [0.3, 0.4) is 0 Å². The maximum absolute atomic E-state index is 9.95.